The second kappa shape index (κ2) is 8.02. The van der Waals surface area contributed by atoms with E-state index < -0.39 is 0 Å². The van der Waals surface area contributed by atoms with Crippen LogP contribution >= 0.6 is 11.8 Å². The van der Waals surface area contributed by atoms with Crippen LogP contribution in [0.1, 0.15) is 18.9 Å². The van der Waals surface area contributed by atoms with Gasteiger partial charge in [0.25, 0.3) is 0 Å². The topological polar surface area (TPSA) is 29.9 Å². The first-order chi connectivity index (χ1) is 9.38. The number of nitrogens with zero attached hydrogens (tertiary/aromatic N) is 2. The Labute approximate surface area is 119 Å². The summed E-state index contributed by atoms with van der Waals surface area (Å²) < 4.78 is 2.11. The van der Waals surface area contributed by atoms with Gasteiger partial charge in [0.2, 0.25) is 0 Å². The molecule has 2 rings (SSSR count). The fraction of sp³-hybridized carbons (Fsp3) is 0.400. The molecule has 0 atom stereocenters. The monoisotopic (exact) mass is 275 g/mol. The molecular weight excluding hydrogens is 254 g/mol. The van der Waals surface area contributed by atoms with Crippen LogP contribution in [0.2, 0.25) is 0 Å². The highest BCUT2D eigenvalue weighted by Gasteiger charge is 1.96. The summed E-state index contributed by atoms with van der Waals surface area (Å²) in [6.45, 7) is 5.24. The van der Waals surface area contributed by atoms with Crippen LogP contribution in [0.15, 0.2) is 47.9 Å². The van der Waals surface area contributed by atoms with Crippen molar-refractivity contribution in [1.82, 2.24) is 14.9 Å². The number of imidazole rings is 1. The lowest BCUT2D eigenvalue weighted by molar-refractivity contribution is 0.675. The quantitative estimate of drug-likeness (QED) is 0.593. The number of nitrogens with one attached hydrogen (secondary N) is 1. The predicted molar refractivity (Wildman–Crippen MR) is 81.4 cm³/mol. The van der Waals surface area contributed by atoms with Crippen LogP contribution in [0.25, 0.3) is 0 Å². The SMILES string of the molecule is CCCNCc1ccc(SCCn2ccnc2)cc1. The molecule has 1 heterocycles. The number of hydrogen-bond acceptors (Lipinski definition) is 3. The maximum absolute atomic E-state index is 4.04. The standard InChI is InChI=1S/C15H21N3S/c1-2-7-16-12-14-3-5-15(6-4-14)19-11-10-18-9-8-17-13-18/h3-6,8-9,13,16H,2,7,10-12H2,1H3. The maximum atomic E-state index is 4.04. The normalized spacial score (nSPS) is 10.8. The second-order valence-electron chi connectivity index (χ2n) is 4.47. The first-order valence-corrected chi connectivity index (χ1v) is 7.75. The van der Waals surface area contributed by atoms with E-state index >= 15 is 0 Å². The van der Waals surface area contributed by atoms with Gasteiger partial charge in [0.1, 0.15) is 0 Å². The van der Waals surface area contributed by atoms with Crippen molar-refractivity contribution in [3.05, 3.63) is 48.5 Å². The zero-order valence-corrected chi connectivity index (χ0v) is 12.2. The van der Waals surface area contributed by atoms with E-state index in [1.54, 1.807) is 0 Å². The Morgan fingerprint density at radius 2 is 2.11 bits per heavy atom. The molecule has 0 unspecified atom stereocenters. The van der Waals surface area contributed by atoms with E-state index in [1.807, 2.05) is 30.5 Å². The van der Waals surface area contributed by atoms with Gasteiger partial charge in [-0.2, -0.15) is 0 Å². The minimum absolute atomic E-state index is 0.966. The van der Waals surface area contributed by atoms with Crippen molar-refractivity contribution in [2.24, 2.45) is 0 Å². The fourth-order valence-electron chi connectivity index (χ4n) is 1.80. The third-order valence-corrected chi connectivity index (χ3v) is 3.85. The summed E-state index contributed by atoms with van der Waals surface area (Å²) in [6.07, 6.45) is 6.87. The minimum Gasteiger partial charge on any atom is -0.337 e. The summed E-state index contributed by atoms with van der Waals surface area (Å²) in [4.78, 5) is 5.37. The first-order valence-electron chi connectivity index (χ1n) is 6.76. The van der Waals surface area contributed by atoms with Crippen molar-refractivity contribution in [3.63, 3.8) is 0 Å². The van der Waals surface area contributed by atoms with E-state index in [0.29, 0.717) is 0 Å². The van der Waals surface area contributed by atoms with Gasteiger partial charge in [-0.25, -0.2) is 4.98 Å². The number of thioether (sulfide) groups is 1. The van der Waals surface area contributed by atoms with Gasteiger partial charge in [-0.05, 0) is 30.7 Å². The highest BCUT2D eigenvalue weighted by molar-refractivity contribution is 7.99. The van der Waals surface area contributed by atoms with E-state index in [1.165, 1.54) is 16.9 Å². The lowest BCUT2D eigenvalue weighted by atomic mass is 10.2. The minimum atomic E-state index is 0.966. The molecule has 1 N–H and O–H groups in total. The Morgan fingerprint density at radius 3 is 2.79 bits per heavy atom. The van der Waals surface area contributed by atoms with Crippen LogP contribution in [0.5, 0.6) is 0 Å². The fourth-order valence-corrected chi connectivity index (χ4v) is 2.67. The number of benzene rings is 1. The van der Waals surface area contributed by atoms with Crippen molar-refractivity contribution in [2.75, 3.05) is 12.3 Å². The first kappa shape index (κ1) is 14.2. The van der Waals surface area contributed by atoms with Crippen LogP contribution < -0.4 is 5.32 Å². The number of aromatic nitrogens is 2. The molecule has 1 aromatic heterocycles. The lowest BCUT2D eigenvalue weighted by Crippen LogP contribution is -2.13. The molecule has 102 valence electrons. The molecular formula is C15H21N3S. The summed E-state index contributed by atoms with van der Waals surface area (Å²) in [6, 6.07) is 8.84. The molecule has 2 aromatic rings. The Morgan fingerprint density at radius 1 is 1.26 bits per heavy atom. The molecule has 0 aliphatic carbocycles. The van der Waals surface area contributed by atoms with Crippen LogP contribution in [0.3, 0.4) is 0 Å². The molecule has 0 amide bonds. The van der Waals surface area contributed by atoms with E-state index in [2.05, 4.69) is 46.1 Å². The third kappa shape index (κ3) is 5.09. The van der Waals surface area contributed by atoms with Gasteiger partial charge >= 0.3 is 0 Å². The Kier molecular flexibility index (Phi) is 5.98. The number of rotatable bonds is 8. The average molecular weight is 275 g/mol. The van der Waals surface area contributed by atoms with Gasteiger partial charge in [-0.3, -0.25) is 0 Å². The van der Waals surface area contributed by atoms with Crippen LogP contribution in [0.4, 0.5) is 0 Å². The highest BCUT2D eigenvalue weighted by Crippen LogP contribution is 2.18. The Balaban J connectivity index is 1.72. The van der Waals surface area contributed by atoms with Crippen molar-refractivity contribution in [3.8, 4) is 0 Å². The molecule has 0 bridgehead atoms. The van der Waals surface area contributed by atoms with Crippen LogP contribution in [0, 0.1) is 0 Å². The van der Waals surface area contributed by atoms with E-state index in [0.717, 1.165) is 25.4 Å². The summed E-state index contributed by atoms with van der Waals surface area (Å²) in [5, 5.41) is 3.42. The van der Waals surface area contributed by atoms with Crippen LogP contribution in [-0.4, -0.2) is 21.8 Å². The van der Waals surface area contributed by atoms with Gasteiger partial charge < -0.3 is 9.88 Å². The van der Waals surface area contributed by atoms with Crippen molar-refractivity contribution >= 4 is 11.8 Å². The Hall–Kier alpha value is -1.26. The largest absolute Gasteiger partial charge is 0.337 e. The molecule has 3 nitrogen and oxygen atoms in total. The van der Waals surface area contributed by atoms with Gasteiger partial charge in [0.15, 0.2) is 0 Å². The zero-order valence-electron chi connectivity index (χ0n) is 11.4. The van der Waals surface area contributed by atoms with Gasteiger partial charge in [-0.1, -0.05) is 19.1 Å². The van der Waals surface area contributed by atoms with Crippen molar-refractivity contribution in [2.45, 2.75) is 31.3 Å². The average Bonchev–Trinajstić information content (AvgIpc) is 2.94. The summed E-state index contributed by atoms with van der Waals surface area (Å²) in [5.74, 6) is 1.07. The van der Waals surface area contributed by atoms with Gasteiger partial charge in [0, 0.05) is 36.1 Å². The predicted octanol–water partition coefficient (Wildman–Crippen LogP) is 3.18. The smallest absolute Gasteiger partial charge is 0.0946 e. The molecule has 19 heavy (non-hydrogen) atoms. The highest BCUT2D eigenvalue weighted by atomic mass is 32.2. The molecule has 0 spiro atoms. The molecule has 4 heteroatoms. The molecule has 0 aliphatic rings. The molecule has 0 aliphatic heterocycles. The summed E-state index contributed by atoms with van der Waals surface area (Å²) in [5.41, 5.74) is 1.35. The van der Waals surface area contributed by atoms with Gasteiger partial charge in [0.05, 0.1) is 6.33 Å². The summed E-state index contributed by atoms with van der Waals surface area (Å²) in [7, 11) is 0. The third-order valence-electron chi connectivity index (χ3n) is 2.86. The van der Waals surface area contributed by atoms with Crippen molar-refractivity contribution < 1.29 is 0 Å². The molecule has 0 radical (unpaired) electrons. The summed E-state index contributed by atoms with van der Waals surface area (Å²) >= 11 is 1.89. The van der Waals surface area contributed by atoms with Crippen molar-refractivity contribution in [1.29, 1.82) is 0 Å². The van der Waals surface area contributed by atoms with E-state index in [-0.39, 0.29) is 0 Å². The lowest BCUT2D eigenvalue weighted by Gasteiger charge is -2.06. The molecule has 1 aromatic carbocycles. The Bertz CT molecular complexity index is 451. The molecule has 0 saturated heterocycles. The number of hydrogen-bond donors (Lipinski definition) is 1. The van der Waals surface area contributed by atoms with E-state index in [4.69, 9.17) is 0 Å². The number of aryl methyl sites for hydroxylation is 1. The van der Waals surface area contributed by atoms with E-state index in [9.17, 15) is 0 Å². The van der Waals surface area contributed by atoms with Crippen LogP contribution in [-0.2, 0) is 13.1 Å². The maximum Gasteiger partial charge on any atom is 0.0946 e. The second-order valence-corrected chi connectivity index (χ2v) is 5.64. The zero-order chi connectivity index (χ0) is 13.3. The molecule has 0 fully saturated rings. The van der Waals surface area contributed by atoms with Gasteiger partial charge in [-0.15, -0.1) is 11.8 Å². The molecule has 0 saturated carbocycles.